The summed E-state index contributed by atoms with van der Waals surface area (Å²) in [4.78, 5) is 11.5. The number of carbonyl (C=O) groups is 1. The monoisotopic (exact) mass is 240 g/mol. The number of esters is 1. The fourth-order valence-corrected chi connectivity index (χ4v) is 1.38. The third kappa shape index (κ3) is 3.44. The topological polar surface area (TPSA) is 35.5 Å². The van der Waals surface area contributed by atoms with Gasteiger partial charge in [-0.05, 0) is 25.0 Å². The van der Waals surface area contributed by atoms with E-state index in [2.05, 4.69) is 4.74 Å². The van der Waals surface area contributed by atoms with E-state index in [0.29, 0.717) is 12.2 Å². The average molecular weight is 240 g/mol. The molecule has 1 aromatic rings. The first-order valence-corrected chi connectivity index (χ1v) is 5.61. The van der Waals surface area contributed by atoms with Crippen molar-refractivity contribution in [3.05, 3.63) is 29.1 Å². The van der Waals surface area contributed by atoms with Crippen molar-refractivity contribution in [2.75, 3.05) is 13.7 Å². The second kappa shape index (κ2) is 6.23. The molecule has 0 N–H and O–H groups in total. The number of hydrogen-bond acceptors (Lipinski definition) is 3. The summed E-state index contributed by atoms with van der Waals surface area (Å²) in [5, 5.41) is 0. The van der Waals surface area contributed by atoms with E-state index < -0.39 is 5.97 Å². The lowest BCUT2D eigenvalue weighted by atomic mass is 10.1. The Labute approximate surface area is 101 Å². The molecular formula is C13H17FO3. The summed E-state index contributed by atoms with van der Waals surface area (Å²) < 4.78 is 23.4. The first kappa shape index (κ1) is 13.5. The SMILES string of the molecule is CCCCOc1cc(F)c(C)cc1C(=O)OC. The largest absolute Gasteiger partial charge is 0.493 e. The van der Waals surface area contributed by atoms with Crippen molar-refractivity contribution < 1.29 is 18.7 Å². The number of aryl methyl sites for hydroxylation is 1. The van der Waals surface area contributed by atoms with Crippen molar-refractivity contribution in [3.63, 3.8) is 0 Å². The second-order valence-corrected chi connectivity index (χ2v) is 3.79. The van der Waals surface area contributed by atoms with Gasteiger partial charge in [0, 0.05) is 6.07 Å². The summed E-state index contributed by atoms with van der Waals surface area (Å²) in [5.41, 5.74) is 0.663. The number of hydrogen-bond donors (Lipinski definition) is 0. The molecule has 4 heteroatoms. The molecule has 0 aliphatic carbocycles. The molecular weight excluding hydrogens is 223 g/mol. The summed E-state index contributed by atoms with van der Waals surface area (Å²) in [6.45, 7) is 4.08. The smallest absolute Gasteiger partial charge is 0.341 e. The lowest BCUT2D eigenvalue weighted by Gasteiger charge is -2.11. The summed E-state index contributed by atoms with van der Waals surface area (Å²) in [5.74, 6) is -0.655. The van der Waals surface area contributed by atoms with E-state index in [1.807, 2.05) is 6.92 Å². The van der Waals surface area contributed by atoms with Gasteiger partial charge in [-0.1, -0.05) is 13.3 Å². The van der Waals surface area contributed by atoms with E-state index in [1.165, 1.54) is 19.2 Å². The number of rotatable bonds is 5. The molecule has 0 bridgehead atoms. The Morgan fingerprint density at radius 2 is 2.12 bits per heavy atom. The van der Waals surface area contributed by atoms with Gasteiger partial charge in [0.2, 0.25) is 0 Å². The van der Waals surface area contributed by atoms with Crippen LogP contribution in [0, 0.1) is 12.7 Å². The van der Waals surface area contributed by atoms with Crippen LogP contribution < -0.4 is 4.74 Å². The van der Waals surface area contributed by atoms with Crippen molar-refractivity contribution in [2.45, 2.75) is 26.7 Å². The molecule has 0 atom stereocenters. The van der Waals surface area contributed by atoms with Crippen LogP contribution in [-0.2, 0) is 4.74 Å². The third-order valence-electron chi connectivity index (χ3n) is 2.42. The van der Waals surface area contributed by atoms with Crippen LogP contribution in [0.25, 0.3) is 0 Å². The highest BCUT2D eigenvalue weighted by Crippen LogP contribution is 2.23. The predicted octanol–water partition coefficient (Wildman–Crippen LogP) is 3.10. The van der Waals surface area contributed by atoms with E-state index >= 15 is 0 Å². The zero-order valence-electron chi connectivity index (χ0n) is 10.4. The molecule has 1 rings (SSSR count). The van der Waals surface area contributed by atoms with Gasteiger partial charge in [-0.25, -0.2) is 9.18 Å². The molecule has 0 heterocycles. The number of carbonyl (C=O) groups excluding carboxylic acids is 1. The lowest BCUT2D eigenvalue weighted by Crippen LogP contribution is -2.08. The zero-order chi connectivity index (χ0) is 12.8. The molecule has 0 amide bonds. The fourth-order valence-electron chi connectivity index (χ4n) is 1.38. The van der Waals surface area contributed by atoms with Crippen molar-refractivity contribution in [3.8, 4) is 5.75 Å². The van der Waals surface area contributed by atoms with Gasteiger partial charge in [-0.2, -0.15) is 0 Å². The Morgan fingerprint density at radius 3 is 2.71 bits per heavy atom. The van der Waals surface area contributed by atoms with Gasteiger partial charge < -0.3 is 9.47 Å². The molecule has 0 fully saturated rings. The number of halogens is 1. The summed E-state index contributed by atoms with van der Waals surface area (Å²) in [6, 6.07) is 2.68. The Bertz CT molecular complexity index is 402. The van der Waals surface area contributed by atoms with Gasteiger partial charge in [0.05, 0.1) is 13.7 Å². The maximum atomic E-state index is 13.4. The van der Waals surface area contributed by atoms with Gasteiger partial charge in [0.15, 0.2) is 0 Å². The van der Waals surface area contributed by atoms with E-state index in [9.17, 15) is 9.18 Å². The quantitative estimate of drug-likeness (QED) is 0.586. The highest BCUT2D eigenvalue weighted by molar-refractivity contribution is 5.92. The second-order valence-electron chi connectivity index (χ2n) is 3.79. The molecule has 0 saturated heterocycles. The predicted molar refractivity (Wildman–Crippen MR) is 62.9 cm³/mol. The summed E-state index contributed by atoms with van der Waals surface area (Å²) in [6.07, 6.45) is 1.83. The molecule has 0 saturated carbocycles. The standard InChI is InChI=1S/C13H17FO3/c1-4-5-6-17-12-8-11(14)9(2)7-10(12)13(15)16-3/h7-8H,4-6H2,1-3H3. The first-order valence-electron chi connectivity index (χ1n) is 5.61. The highest BCUT2D eigenvalue weighted by Gasteiger charge is 2.15. The Morgan fingerprint density at radius 1 is 1.41 bits per heavy atom. The van der Waals surface area contributed by atoms with Crippen LogP contribution in [0.4, 0.5) is 4.39 Å². The van der Waals surface area contributed by atoms with E-state index in [4.69, 9.17) is 4.74 Å². The number of ether oxygens (including phenoxy) is 2. The molecule has 3 nitrogen and oxygen atoms in total. The maximum absolute atomic E-state index is 13.4. The molecule has 17 heavy (non-hydrogen) atoms. The Balaban J connectivity index is 2.99. The van der Waals surface area contributed by atoms with E-state index in [1.54, 1.807) is 6.92 Å². The van der Waals surface area contributed by atoms with Crippen LogP contribution in [0.3, 0.4) is 0 Å². The van der Waals surface area contributed by atoms with Crippen LogP contribution in [0.1, 0.15) is 35.7 Å². The van der Waals surface area contributed by atoms with Crippen molar-refractivity contribution >= 4 is 5.97 Å². The summed E-state index contributed by atoms with van der Waals surface area (Å²) >= 11 is 0. The van der Waals surface area contributed by atoms with Crippen LogP contribution in [0.15, 0.2) is 12.1 Å². The molecule has 0 aliphatic rings. The average Bonchev–Trinajstić information content (AvgIpc) is 2.32. The van der Waals surface area contributed by atoms with Crippen LogP contribution in [0.5, 0.6) is 5.75 Å². The highest BCUT2D eigenvalue weighted by atomic mass is 19.1. The van der Waals surface area contributed by atoms with Crippen LogP contribution in [-0.4, -0.2) is 19.7 Å². The molecule has 0 radical (unpaired) electrons. The van der Waals surface area contributed by atoms with Gasteiger partial charge in [-0.15, -0.1) is 0 Å². The van der Waals surface area contributed by atoms with Crippen molar-refractivity contribution in [2.24, 2.45) is 0 Å². The molecule has 0 aromatic heterocycles. The molecule has 1 aromatic carbocycles. The van der Waals surface area contributed by atoms with Gasteiger partial charge >= 0.3 is 5.97 Å². The Kier molecular flexibility index (Phi) is 4.94. The number of benzene rings is 1. The van der Waals surface area contributed by atoms with Crippen molar-refractivity contribution in [1.82, 2.24) is 0 Å². The van der Waals surface area contributed by atoms with Crippen molar-refractivity contribution in [1.29, 1.82) is 0 Å². The Hall–Kier alpha value is -1.58. The fraction of sp³-hybridized carbons (Fsp3) is 0.462. The molecule has 0 spiro atoms. The van der Waals surface area contributed by atoms with E-state index in [-0.39, 0.29) is 17.1 Å². The van der Waals surface area contributed by atoms with Gasteiger partial charge in [-0.3, -0.25) is 0 Å². The number of unbranched alkanes of at least 4 members (excludes halogenated alkanes) is 1. The van der Waals surface area contributed by atoms with Gasteiger partial charge in [0.1, 0.15) is 17.1 Å². The third-order valence-corrected chi connectivity index (χ3v) is 2.42. The normalized spacial score (nSPS) is 10.1. The minimum absolute atomic E-state index is 0.244. The number of methoxy groups -OCH3 is 1. The lowest BCUT2D eigenvalue weighted by molar-refractivity contribution is 0.0595. The minimum Gasteiger partial charge on any atom is -0.493 e. The van der Waals surface area contributed by atoms with Crippen LogP contribution in [0.2, 0.25) is 0 Å². The molecule has 0 unspecified atom stereocenters. The molecule has 0 aliphatic heterocycles. The molecule has 94 valence electrons. The van der Waals surface area contributed by atoms with Crippen LogP contribution >= 0.6 is 0 Å². The minimum atomic E-state index is -0.514. The maximum Gasteiger partial charge on any atom is 0.341 e. The van der Waals surface area contributed by atoms with E-state index in [0.717, 1.165) is 12.8 Å². The summed E-state index contributed by atoms with van der Waals surface area (Å²) in [7, 11) is 1.29. The van der Waals surface area contributed by atoms with Gasteiger partial charge in [0.25, 0.3) is 0 Å². The zero-order valence-corrected chi connectivity index (χ0v) is 10.4. The first-order chi connectivity index (χ1) is 8.10.